The van der Waals surface area contributed by atoms with Gasteiger partial charge in [0, 0.05) is 16.4 Å². The van der Waals surface area contributed by atoms with Gasteiger partial charge in [-0.25, -0.2) is 0 Å². The second-order valence-electron chi connectivity index (χ2n) is 3.92. The summed E-state index contributed by atoms with van der Waals surface area (Å²) < 4.78 is 0. The molecule has 2 aromatic carbocycles. The van der Waals surface area contributed by atoms with E-state index in [-0.39, 0.29) is 5.56 Å². The number of nitrogen functional groups attached to an aromatic ring is 1. The van der Waals surface area contributed by atoms with Gasteiger partial charge in [0.05, 0.1) is 16.3 Å². The van der Waals surface area contributed by atoms with E-state index in [4.69, 9.17) is 34.7 Å². The molecule has 6 heteroatoms. The molecule has 0 radical (unpaired) electrons. The Morgan fingerprint density at radius 2 is 1.74 bits per heavy atom. The van der Waals surface area contributed by atoms with Gasteiger partial charge < -0.3 is 16.8 Å². The molecule has 4 nitrogen and oxygen atoms in total. The van der Waals surface area contributed by atoms with Crippen LogP contribution >= 0.6 is 23.2 Å². The summed E-state index contributed by atoms with van der Waals surface area (Å²) in [5.74, 6) is -0.606. The summed E-state index contributed by atoms with van der Waals surface area (Å²) in [6, 6.07) is 10.00. The Hall–Kier alpha value is -1.91. The maximum Gasteiger partial charge on any atom is 0.250 e. The first-order valence-corrected chi connectivity index (χ1v) is 6.14. The quantitative estimate of drug-likeness (QED) is 0.759. The average molecular weight is 296 g/mol. The Balaban J connectivity index is 2.44. The first-order valence-electron chi connectivity index (χ1n) is 5.39. The summed E-state index contributed by atoms with van der Waals surface area (Å²) in [6.07, 6.45) is 0. The molecule has 1 amide bonds. The maximum absolute atomic E-state index is 11.4. The fourth-order valence-electron chi connectivity index (χ4n) is 1.63. The molecule has 0 heterocycles. The zero-order valence-corrected chi connectivity index (χ0v) is 11.3. The molecule has 0 atom stereocenters. The predicted octanol–water partition coefficient (Wildman–Crippen LogP) is 3.42. The number of anilines is 3. The van der Waals surface area contributed by atoms with Crippen LogP contribution in [-0.4, -0.2) is 5.91 Å². The Bertz CT molecular complexity index is 627. The van der Waals surface area contributed by atoms with Crippen molar-refractivity contribution in [3.05, 3.63) is 52.0 Å². The molecule has 19 heavy (non-hydrogen) atoms. The summed E-state index contributed by atoms with van der Waals surface area (Å²) in [7, 11) is 0. The second-order valence-corrected chi connectivity index (χ2v) is 4.77. The highest BCUT2D eigenvalue weighted by Crippen LogP contribution is 2.31. The number of nitrogens with two attached hydrogens (primary N) is 2. The maximum atomic E-state index is 11.4. The van der Waals surface area contributed by atoms with E-state index in [1.165, 1.54) is 6.07 Å². The standard InChI is InChI=1S/C13H11Cl2N3O/c14-7-1-3-9(4-2-7)18-12-10(13(17)19)5-8(16)6-11(12)15/h1-6,18H,16H2,(H2,17,19). The van der Waals surface area contributed by atoms with Gasteiger partial charge in [0.25, 0.3) is 5.91 Å². The van der Waals surface area contributed by atoms with Gasteiger partial charge in [0.2, 0.25) is 0 Å². The molecule has 0 aromatic heterocycles. The Morgan fingerprint density at radius 1 is 1.11 bits per heavy atom. The van der Waals surface area contributed by atoms with Crippen LogP contribution in [0.1, 0.15) is 10.4 Å². The zero-order chi connectivity index (χ0) is 14.0. The van der Waals surface area contributed by atoms with Gasteiger partial charge in [-0.2, -0.15) is 0 Å². The van der Waals surface area contributed by atoms with E-state index >= 15 is 0 Å². The third-order valence-electron chi connectivity index (χ3n) is 2.49. The Kier molecular flexibility index (Phi) is 3.83. The molecule has 2 aromatic rings. The number of rotatable bonds is 3. The molecule has 0 saturated carbocycles. The highest BCUT2D eigenvalue weighted by molar-refractivity contribution is 6.34. The fraction of sp³-hybridized carbons (Fsp3) is 0. The van der Waals surface area contributed by atoms with Crippen molar-refractivity contribution in [2.24, 2.45) is 5.73 Å². The molecule has 0 aliphatic heterocycles. The second kappa shape index (κ2) is 5.38. The van der Waals surface area contributed by atoms with Crippen molar-refractivity contribution in [2.75, 3.05) is 11.1 Å². The highest BCUT2D eigenvalue weighted by atomic mass is 35.5. The Labute approximate surface area is 120 Å². The van der Waals surface area contributed by atoms with E-state index in [9.17, 15) is 4.79 Å². The summed E-state index contributed by atoms with van der Waals surface area (Å²) in [5.41, 5.74) is 12.7. The molecule has 0 unspecified atom stereocenters. The molecule has 0 saturated heterocycles. The minimum Gasteiger partial charge on any atom is -0.399 e. The van der Waals surface area contributed by atoms with Gasteiger partial charge in [-0.3, -0.25) is 4.79 Å². The monoisotopic (exact) mass is 295 g/mol. The molecule has 0 fully saturated rings. The molecular weight excluding hydrogens is 285 g/mol. The van der Waals surface area contributed by atoms with E-state index in [1.54, 1.807) is 30.3 Å². The third-order valence-corrected chi connectivity index (χ3v) is 3.04. The van der Waals surface area contributed by atoms with Gasteiger partial charge in [-0.15, -0.1) is 0 Å². The number of halogens is 2. The lowest BCUT2D eigenvalue weighted by atomic mass is 10.1. The van der Waals surface area contributed by atoms with E-state index in [0.717, 1.165) is 5.69 Å². The van der Waals surface area contributed by atoms with Crippen molar-refractivity contribution in [3.63, 3.8) is 0 Å². The van der Waals surface area contributed by atoms with Crippen LogP contribution in [0.5, 0.6) is 0 Å². The number of amides is 1. The van der Waals surface area contributed by atoms with Gasteiger partial charge in [0.15, 0.2) is 0 Å². The molecule has 98 valence electrons. The van der Waals surface area contributed by atoms with Crippen molar-refractivity contribution in [1.29, 1.82) is 0 Å². The first kappa shape index (κ1) is 13.5. The third kappa shape index (κ3) is 3.10. The fourth-order valence-corrected chi connectivity index (χ4v) is 2.03. The largest absolute Gasteiger partial charge is 0.399 e. The zero-order valence-electron chi connectivity index (χ0n) is 9.78. The van der Waals surface area contributed by atoms with Crippen LogP contribution in [0.4, 0.5) is 17.1 Å². The van der Waals surface area contributed by atoms with E-state index in [2.05, 4.69) is 5.32 Å². The molecule has 0 aliphatic carbocycles. The van der Waals surface area contributed by atoms with Gasteiger partial charge in [-0.05, 0) is 36.4 Å². The number of carbonyl (C=O) groups excluding carboxylic acids is 1. The molecule has 0 aliphatic rings. The van der Waals surface area contributed by atoms with Crippen LogP contribution in [0.2, 0.25) is 10.0 Å². The lowest BCUT2D eigenvalue weighted by Crippen LogP contribution is -2.14. The number of carbonyl (C=O) groups is 1. The van der Waals surface area contributed by atoms with Crippen LogP contribution in [0.3, 0.4) is 0 Å². The van der Waals surface area contributed by atoms with Gasteiger partial charge in [-0.1, -0.05) is 23.2 Å². The smallest absolute Gasteiger partial charge is 0.250 e. The van der Waals surface area contributed by atoms with Crippen molar-refractivity contribution in [3.8, 4) is 0 Å². The van der Waals surface area contributed by atoms with Crippen molar-refractivity contribution in [1.82, 2.24) is 0 Å². The Morgan fingerprint density at radius 3 is 2.32 bits per heavy atom. The summed E-state index contributed by atoms with van der Waals surface area (Å²) in [4.78, 5) is 11.4. The van der Waals surface area contributed by atoms with E-state index < -0.39 is 5.91 Å². The SMILES string of the molecule is NC(=O)c1cc(N)cc(Cl)c1Nc1ccc(Cl)cc1. The molecular formula is C13H11Cl2N3O. The lowest BCUT2D eigenvalue weighted by molar-refractivity contribution is 0.100. The molecule has 2 rings (SSSR count). The minimum atomic E-state index is -0.606. The summed E-state index contributed by atoms with van der Waals surface area (Å²) >= 11 is 11.9. The van der Waals surface area contributed by atoms with Gasteiger partial charge in [0.1, 0.15) is 0 Å². The normalized spacial score (nSPS) is 10.2. The topological polar surface area (TPSA) is 81.1 Å². The number of benzene rings is 2. The molecule has 5 N–H and O–H groups in total. The van der Waals surface area contributed by atoms with Gasteiger partial charge >= 0.3 is 0 Å². The summed E-state index contributed by atoms with van der Waals surface area (Å²) in [5, 5.41) is 3.97. The highest BCUT2D eigenvalue weighted by Gasteiger charge is 2.13. The summed E-state index contributed by atoms with van der Waals surface area (Å²) in [6.45, 7) is 0. The number of primary amides is 1. The van der Waals surface area contributed by atoms with Crippen LogP contribution in [0.15, 0.2) is 36.4 Å². The van der Waals surface area contributed by atoms with E-state index in [0.29, 0.717) is 21.4 Å². The average Bonchev–Trinajstić information content (AvgIpc) is 2.34. The predicted molar refractivity (Wildman–Crippen MR) is 79.1 cm³/mol. The molecule has 0 bridgehead atoms. The number of hydrogen-bond donors (Lipinski definition) is 3. The van der Waals surface area contributed by atoms with E-state index in [1.807, 2.05) is 0 Å². The first-order chi connectivity index (χ1) is 8.97. The number of hydrogen-bond acceptors (Lipinski definition) is 3. The lowest BCUT2D eigenvalue weighted by Gasteiger charge is -2.13. The minimum absolute atomic E-state index is 0.236. The van der Waals surface area contributed by atoms with Crippen molar-refractivity contribution in [2.45, 2.75) is 0 Å². The van der Waals surface area contributed by atoms with Crippen LogP contribution < -0.4 is 16.8 Å². The van der Waals surface area contributed by atoms with Crippen LogP contribution in [-0.2, 0) is 0 Å². The van der Waals surface area contributed by atoms with Crippen molar-refractivity contribution < 1.29 is 4.79 Å². The van der Waals surface area contributed by atoms with Crippen molar-refractivity contribution >= 4 is 46.2 Å². The number of nitrogens with one attached hydrogen (secondary N) is 1. The van der Waals surface area contributed by atoms with Crippen LogP contribution in [0.25, 0.3) is 0 Å². The van der Waals surface area contributed by atoms with Crippen LogP contribution in [0, 0.1) is 0 Å². The molecule has 0 spiro atoms.